The van der Waals surface area contributed by atoms with Crippen molar-refractivity contribution in [3.05, 3.63) is 0 Å². The van der Waals surface area contributed by atoms with E-state index in [0.29, 0.717) is 0 Å². The van der Waals surface area contributed by atoms with Gasteiger partial charge in [0.1, 0.15) is 0 Å². The smallest absolute Gasteiger partial charge is 0.309 e. The van der Waals surface area contributed by atoms with Gasteiger partial charge in [-0.15, -0.1) is 0 Å². The molecule has 13 heavy (non-hydrogen) atoms. The highest BCUT2D eigenvalue weighted by molar-refractivity contribution is 5.70. The van der Waals surface area contributed by atoms with Crippen LogP contribution in [0.4, 0.5) is 0 Å². The monoisotopic (exact) mass is 188 g/mol. The molecular formula is C10H20O3. The molecule has 0 aromatic heterocycles. The Morgan fingerprint density at radius 2 is 2.00 bits per heavy atom. The van der Waals surface area contributed by atoms with E-state index < -0.39 is 11.9 Å². The van der Waals surface area contributed by atoms with Crippen molar-refractivity contribution in [3.8, 4) is 0 Å². The van der Waals surface area contributed by atoms with Crippen LogP contribution in [0.5, 0.6) is 0 Å². The number of carboxylic acids is 1. The van der Waals surface area contributed by atoms with Gasteiger partial charge in [0.2, 0.25) is 0 Å². The van der Waals surface area contributed by atoms with Crippen LogP contribution in [0, 0.1) is 11.8 Å². The second-order valence-electron chi connectivity index (χ2n) is 3.60. The minimum atomic E-state index is -0.883. The molecule has 2 N–H and O–H groups in total. The van der Waals surface area contributed by atoms with E-state index in [1.54, 1.807) is 0 Å². The van der Waals surface area contributed by atoms with E-state index in [2.05, 4.69) is 6.92 Å². The number of hydrogen-bond donors (Lipinski definition) is 2. The van der Waals surface area contributed by atoms with Gasteiger partial charge in [-0.2, -0.15) is 0 Å². The number of carbonyl (C=O) groups is 1. The number of hydrogen-bond acceptors (Lipinski definition) is 2. The lowest BCUT2D eigenvalue weighted by molar-refractivity contribution is -0.145. The maximum absolute atomic E-state index is 10.6. The van der Waals surface area contributed by atoms with Gasteiger partial charge in [-0.1, -0.05) is 33.1 Å². The summed E-state index contributed by atoms with van der Waals surface area (Å²) in [6.07, 6.45) is 4.23. The van der Waals surface area contributed by atoms with Gasteiger partial charge in [-0.3, -0.25) is 4.79 Å². The summed E-state index contributed by atoms with van der Waals surface area (Å²) in [7, 11) is 0. The molecule has 0 aliphatic heterocycles. The molecule has 0 radical (unpaired) electrons. The maximum atomic E-state index is 10.6. The predicted octanol–water partition coefficient (Wildman–Crippen LogP) is 1.90. The number of aliphatic hydroxyl groups excluding tert-OH is 1. The summed E-state index contributed by atoms with van der Waals surface area (Å²) >= 11 is 0. The molecule has 3 heteroatoms. The van der Waals surface area contributed by atoms with Gasteiger partial charge < -0.3 is 10.2 Å². The molecule has 0 bridgehead atoms. The highest BCUT2D eigenvalue weighted by Gasteiger charge is 2.22. The lowest BCUT2D eigenvalue weighted by Gasteiger charge is -2.17. The lowest BCUT2D eigenvalue weighted by Crippen LogP contribution is -2.25. The van der Waals surface area contributed by atoms with Crippen LogP contribution in [0.3, 0.4) is 0 Å². The third kappa shape index (κ3) is 4.88. The van der Waals surface area contributed by atoms with Crippen molar-refractivity contribution >= 4 is 5.97 Å². The molecule has 0 amide bonds. The van der Waals surface area contributed by atoms with E-state index in [1.165, 1.54) is 0 Å². The van der Waals surface area contributed by atoms with E-state index in [-0.39, 0.29) is 12.5 Å². The van der Waals surface area contributed by atoms with E-state index in [0.717, 1.165) is 25.7 Å². The summed E-state index contributed by atoms with van der Waals surface area (Å²) in [6, 6.07) is 0. The molecular weight excluding hydrogens is 168 g/mol. The molecule has 0 aliphatic carbocycles. The van der Waals surface area contributed by atoms with Crippen LogP contribution in [-0.2, 0) is 4.79 Å². The minimum Gasteiger partial charge on any atom is -0.481 e. The zero-order valence-corrected chi connectivity index (χ0v) is 8.49. The van der Waals surface area contributed by atoms with Crippen LogP contribution in [0.1, 0.15) is 39.5 Å². The third-order valence-corrected chi connectivity index (χ3v) is 2.46. The molecule has 2 atom stereocenters. The van der Waals surface area contributed by atoms with Gasteiger partial charge in [0.25, 0.3) is 0 Å². The quantitative estimate of drug-likeness (QED) is 0.600. The van der Waals surface area contributed by atoms with Crippen molar-refractivity contribution in [1.82, 2.24) is 0 Å². The normalized spacial score (nSPS) is 15.3. The van der Waals surface area contributed by atoms with Gasteiger partial charge >= 0.3 is 5.97 Å². The first-order chi connectivity index (χ1) is 6.13. The fourth-order valence-corrected chi connectivity index (χ4v) is 1.42. The summed E-state index contributed by atoms with van der Waals surface area (Å²) in [4.78, 5) is 10.6. The zero-order chi connectivity index (χ0) is 10.3. The predicted molar refractivity (Wildman–Crippen MR) is 51.5 cm³/mol. The average Bonchev–Trinajstić information content (AvgIpc) is 2.05. The molecule has 0 saturated carbocycles. The van der Waals surface area contributed by atoms with Crippen LogP contribution >= 0.6 is 0 Å². The Bertz CT molecular complexity index is 145. The zero-order valence-electron chi connectivity index (χ0n) is 8.49. The molecule has 0 heterocycles. The van der Waals surface area contributed by atoms with Crippen molar-refractivity contribution in [1.29, 1.82) is 0 Å². The van der Waals surface area contributed by atoms with E-state index in [4.69, 9.17) is 10.2 Å². The molecule has 0 saturated heterocycles. The molecule has 0 aliphatic rings. The number of carboxylic acid groups (broad SMARTS) is 1. The Labute approximate surface area is 79.8 Å². The summed E-state index contributed by atoms with van der Waals surface area (Å²) in [6.45, 7) is 3.76. The number of rotatable bonds is 7. The Morgan fingerprint density at radius 1 is 1.38 bits per heavy atom. The first-order valence-corrected chi connectivity index (χ1v) is 4.97. The Kier molecular flexibility index (Phi) is 6.59. The van der Waals surface area contributed by atoms with Crippen molar-refractivity contribution < 1.29 is 15.0 Å². The Hall–Kier alpha value is -0.570. The second kappa shape index (κ2) is 6.89. The van der Waals surface area contributed by atoms with Gasteiger partial charge in [0.05, 0.1) is 12.5 Å². The SMILES string of the molecule is CCCCC[C@H](C)[C@H](CO)C(=O)O. The van der Waals surface area contributed by atoms with Crippen molar-refractivity contribution in [2.24, 2.45) is 11.8 Å². The van der Waals surface area contributed by atoms with Crippen LogP contribution in [0.15, 0.2) is 0 Å². The fourth-order valence-electron chi connectivity index (χ4n) is 1.42. The first-order valence-electron chi connectivity index (χ1n) is 4.97. The summed E-state index contributed by atoms with van der Waals surface area (Å²) in [5.41, 5.74) is 0. The highest BCUT2D eigenvalue weighted by atomic mass is 16.4. The van der Waals surface area contributed by atoms with Crippen molar-refractivity contribution in [2.45, 2.75) is 39.5 Å². The molecule has 0 aromatic carbocycles. The van der Waals surface area contributed by atoms with Crippen LogP contribution in [-0.4, -0.2) is 22.8 Å². The summed E-state index contributed by atoms with van der Waals surface area (Å²) < 4.78 is 0. The number of aliphatic hydroxyl groups is 1. The fraction of sp³-hybridized carbons (Fsp3) is 0.900. The highest BCUT2D eigenvalue weighted by Crippen LogP contribution is 2.18. The third-order valence-electron chi connectivity index (χ3n) is 2.46. The molecule has 0 unspecified atom stereocenters. The van der Waals surface area contributed by atoms with Crippen LogP contribution in [0.2, 0.25) is 0 Å². The Morgan fingerprint density at radius 3 is 2.38 bits per heavy atom. The van der Waals surface area contributed by atoms with Crippen molar-refractivity contribution in [2.75, 3.05) is 6.61 Å². The van der Waals surface area contributed by atoms with E-state index in [9.17, 15) is 4.79 Å². The van der Waals surface area contributed by atoms with Crippen molar-refractivity contribution in [3.63, 3.8) is 0 Å². The largest absolute Gasteiger partial charge is 0.481 e. The van der Waals surface area contributed by atoms with Gasteiger partial charge in [-0.05, 0) is 12.3 Å². The van der Waals surface area contributed by atoms with Crippen LogP contribution in [0.25, 0.3) is 0 Å². The molecule has 78 valence electrons. The summed E-state index contributed by atoms with van der Waals surface area (Å²) in [5.74, 6) is -1.39. The average molecular weight is 188 g/mol. The number of unbranched alkanes of at least 4 members (excludes halogenated alkanes) is 2. The van der Waals surface area contributed by atoms with Gasteiger partial charge in [-0.25, -0.2) is 0 Å². The maximum Gasteiger partial charge on any atom is 0.309 e. The standard InChI is InChI=1S/C10H20O3/c1-3-4-5-6-8(2)9(7-11)10(12)13/h8-9,11H,3-7H2,1-2H3,(H,12,13)/t8-,9-/m0/s1. The lowest BCUT2D eigenvalue weighted by atomic mass is 9.90. The first kappa shape index (κ1) is 12.4. The second-order valence-corrected chi connectivity index (χ2v) is 3.60. The molecule has 0 fully saturated rings. The minimum absolute atomic E-state index is 0.0778. The molecule has 0 rings (SSSR count). The molecule has 3 nitrogen and oxygen atoms in total. The topological polar surface area (TPSA) is 57.5 Å². The Balaban J connectivity index is 3.77. The molecule has 0 aromatic rings. The number of aliphatic carboxylic acids is 1. The van der Waals surface area contributed by atoms with Gasteiger partial charge in [0.15, 0.2) is 0 Å². The summed E-state index contributed by atoms with van der Waals surface area (Å²) in [5, 5.41) is 17.6. The van der Waals surface area contributed by atoms with E-state index >= 15 is 0 Å². The van der Waals surface area contributed by atoms with Crippen LogP contribution < -0.4 is 0 Å². The molecule has 0 spiro atoms. The van der Waals surface area contributed by atoms with Gasteiger partial charge in [0, 0.05) is 0 Å². The van der Waals surface area contributed by atoms with E-state index in [1.807, 2.05) is 6.92 Å².